The van der Waals surface area contributed by atoms with E-state index >= 15 is 0 Å². The minimum Gasteiger partial charge on any atom is -0.348 e. The van der Waals surface area contributed by atoms with Crippen LogP contribution in [0.25, 0.3) is 0 Å². The number of aryl methyl sites for hydroxylation is 1. The summed E-state index contributed by atoms with van der Waals surface area (Å²) in [6.45, 7) is 0. The lowest BCUT2D eigenvalue weighted by Crippen LogP contribution is -2.31. The van der Waals surface area contributed by atoms with E-state index in [4.69, 9.17) is 11.6 Å². The first-order valence-electron chi connectivity index (χ1n) is 7.32. The van der Waals surface area contributed by atoms with Crippen molar-refractivity contribution in [2.45, 2.75) is 30.7 Å². The second-order valence-corrected chi connectivity index (χ2v) is 6.48. The van der Waals surface area contributed by atoms with Crippen LogP contribution >= 0.6 is 11.6 Å². The Morgan fingerprint density at radius 3 is 2.76 bits per heavy atom. The van der Waals surface area contributed by atoms with Crippen molar-refractivity contribution in [2.24, 2.45) is 0 Å². The topological polar surface area (TPSA) is 29.1 Å². The molecule has 1 amide bonds. The number of halogens is 1. The predicted octanol–water partition coefficient (Wildman–Crippen LogP) is 3.79. The fourth-order valence-electron chi connectivity index (χ4n) is 4.02. The first-order valence-corrected chi connectivity index (χ1v) is 7.70. The van der Waals surface area contributed by atoms with Crippen molar-refractivity contribution in [1.82, 2.24) is 5.32 Å². The van der Waals surface area contributed by atoms with Crippen LogP contribution in [0.2, 0.25) is 5.02 Å². The number of benzene rings is 2. The van der Waals surface area contributed by atoms with Crippen LogP contribution in [0.1, 0.15) is 35.6 Å². The van der Waals surface area contributed by atoms with E-state index in [1.807, 2.05) is 24.3 Å². The van der Waals surface area contributed by atoms with Gasteiger partial charge in [-0.1, -0.05) is 48.0 Å². The van der Waals surface area contributed by atoms with E-state index in [0.717, 1.165) is 17.9 Å². The Balaban J connectivity index is 1.86. The van der Waals surface area contributed by atoms with Crippen LogP contribution in [0.5, 0.6) is 0 Å². The van der Waals surface area contributed by atoms with E-state index in [1.54, 1.807) is 0 Å². The molecule has 1 fully saturated rings. The van der Waals surface area contributed by atoms with E-state index < -0.39 is 0 Å². The van der Waals surface area contributed by atoms with Gasteiger partial charge in [-0.15, -0.1) is 0 Å². The maximum atomic E-state index is 12.1. The molecule has 2 atom stereocenters. The zero-order valence-corrected chi connectivity index (χ0v) is 12.4. The molecule has 0 aromatic heterocycles. The van der Waals surface area contributed by atoms with Crippen molar-refractivity contribution in [1.29, 1.82) is 0 Å². The molecular formula is C18H16ClNO. The Kier molecular flexibility index (Phi) is 2.83. The molecule has 1 N–H and O–H groups in total. The second-order valence-electron chi connectivity index (χ2n) is 6.05. The highest BCUT2D eigenvalue weighted by Crippen LogP contribution is 2.52. The van der Waals surface area contributed by atoms with Crippen molar-refractivity contribution >= 4 is 17.5 Å². The lowest BCUT2D eigenvalue weighted by atomic mass is 9.73. The van der Waals surface area contributed by atoms with Gasteiger partial charge >= 0.3 is 0 Å². The summed E-state index contributed by atoms with van der Waals surface area (Å²) in [5, 5.41) is 3.96. The molecule has 2 nitrogen and oxygen atoms in total. The first-order chi connectivity index (χ1) is 10.2. The van der Waals surface area contributed by atoms with Gasteiger partial charge in [-0.05, 0) is 41.7 Å². The molecule has 2 aromatic rings. The van der Waals surface area contributed by atoms with E-state index in [2.05, 4.69) is 29.6 Å². The quantitative estimate of drug-likeness (QED) is 0.852. The fraction of sp³-hybridized carbons (Fsp3) is 0.278. The molecule has 1 saturated heterocycles. The maximum absolute atomic E-state index is 12.1. The zero-order valence-electron chi connectivity index (χ0n) is 11.6. The number of carbonyl (C=O) groups excluding carboxylic acids is 1. The number of carbonyl (C=O) groups is 1. The van der Waals surface area contributed by atoms with Crippen LogP contribution in [0.3, 0.4) is 0 Å². The summed E-state index contributed by atoms with van der Waals surface area (Å²) in [5.41, 5.74) is 3.66. The maximum Gasteiger partial charge on any atom is 0.221 e. The van der Waals surface area contributed by atoms with Crippen LogP contribution in [-0.2, 0) is 16.6 Å². The molecule has 1 aliphatic heterocycles. The Hall–Kier alpha value is -1.80. The van der Waals surface area contributed by atoms with E-state index in [0.29, 0.717) is 6.42 Å². The lowest BCUT2D eigenvalue weighted by molar-refractivity contribution is -0.119. The summed E-state index contributed by atoms with van der Waals surface area (Å²) in [6.07, 6.45) is 2.57. The summed E-state index contributed by atoms with van der Waals surface area (Å²) in [7, 11) is 0. The molecule has 2 aliphatic rings. The molecule has 4 rings (SSSR count). The van der Waals surface area contributed by atoms with Crippen LogP contribution < -0.4 is 5.32 Å². The molecule has 0 bridgehead atoms. The highest BCUT2D eigenvalue weighted by molar-refractivity contribution is 6.30. The van der Waals surface area contributed by atoms with Gasteiger partial charge in [0.25, 0.3) is 0 Å². The van der Waals surface area contributed by atoms with E-state index in [1.165, 1.54) is 16.7 Å². The second kappa shape index (κ2) is 4.60. The third-order valence-electron chi connectivity index (χ3n) is 4.91. The number of nitrogens with one attached hydrogen (secondary N) is 1. The van der Waals surface area contributed by atoms with Gasteiger partial charge in [-0.25, -0.2) is 0 Å². The van der Waals surface area contributed by atoms with Crippen molar-refractivity contribution in [2.75, 3.05) is 0 Å². The van der Waals surface area contributed by atoms with Gasteiger partial charge in [0.2, 0.25) is 5.91 Å². The van der Waals surface area contributed by atoms with Gasteiger partial charge in [0.15, 0.2) is 0 Å². The van der Waals surface area contributed by atoms with Crippen LogP contribution in [0, 0.1) is 0 Å². The molecular weight excluding hydrogens is 282 g/mol. The average Bonchev–Trinajstić information content (AvgIpc) is 3.01. The number of fused-ring (bicyclic) bond motifs is 2. The van der Waals surface area contributed by atoms with E-state index in [9.17, 15) is 4.79 Å². The third-order valence-corrected chi connectivity index (χ3v) is 5.15. The zero-order chi connectivity index (χ0) is 14.4. The van der Waals surface area contributed by atoms with Crippen LogP contribution in [-0.4, -0.2) is 5.91 Å². The fourth-order valence-corrected chi connectivity index (χ4v) is 4.21. The van der Waals surface area contributed by atoms with Crippen LogP contribution in [0.4, 0.5) is 0 Å². The molecule has 1 aliphatic carbocycles. The minimum absolute atomic E-state index is 0.0635. The lowest BCUT2D eigenvalue weighted by Gasteiger charge is -2.31. The number of hydrogen-bond acceptors (Lipinski definition) is 1. The molecule has 2 unspecified atom stereocenters. The highest BCUT2D eigenvalue weighted by atomic mass is 35.5. The first kappa shape index (κ1) is 12.9. The molecule has 106 valence electrons. The molecule has 21 heavy (non-hydrogen) atoms. The smallest absolute Gasteiger partial charge is 0.221 e. The van der Waals surface area contributed by atoms with Crippen molar-refractivity contribution < 1.29 is 4.79 Å². The molecule has 3 heteroatoms. The van der Waals surface area contributed by atoms with Gasteiger partial charge in [0.05, 0.1) is 6.04 Å². The van der Waals surface area contributed by atoms with Gasteiger partial charge in [0.1, 0.15) is 0 Å². The summed E-state index contributed by atoms with van der Waals surface area (Å²) >= 11 is 6.12. The van der Waals surface area contributed by atoms with Crippen LogP contribution in [0.15, 0.2) is 48.5 Å². The summed E-state index contributed by atoms with van der Waals surface area (Å²) in [4.78, 5) is 12.1. The highest BCUT2D eigenvalue weighted by Gasteiger charge is 2.51. The largest absolute Gasteiger partial charge is 0.348 e. The van der Waals surface area contributed by atoms with Gasteiger partial charge in [-0.2, -0.15) is 0 Å². The monoisotopic (exact) mass is 297 g/mol. The predicted molar refractivity (Wildman–Crippen MR) is 83.4 cm³/mol. The number of amides is 1. The summed E-state index contributed by atoms with van der Waals surface area (Å²) < 4.78 is 0. The Morgan fingerprint density at radius 1 is 1.14 bits per heavy atom. The summed E-state index contributed by atoms with van der Waals surface area (Å²) in [6, 6.07) is 16.5. The van der Waals surface area contributed by atoms with Gasteiger partial charge < -0.3 is 5.32 Å². The van der Waals surface area contributed by atoms with Gasteiger partial charge in [0, 0.05) is 16.9 Å². The standard InChI is InChI=1S/C18H16ClNO/c19-14-6-7-15-13(10-14)8-9-18(15)11-16(21)20-17(18)12-4-2-1-3-5-12/h1-7,10,17H,8-9,11H2,(H,20,21). The molecule has 1 heterocycles. The normalized spacial score (nSPS) is 26.9. The summed E-state index contributed by atoms with van der Waals surface area (Å²) in [5.74, 6) is 0.145. The van der Waals surface area contributed by atoms with Gasteiger partial charge in [-0.3, -0.25) is 4.79 Å². The number of hydrogen-bond donors (Lipinski definition) is 1. The molecule has 0 saturated carbocycles. The Morgan fingerprint density at radius 2 is 1.95 bits per heavy atom. The molecule has 2 aromatic carbocycles. The molecule has 1 spiro atoms. The Labute approximate surface area is 129 Å². The molecule has 0 radical (unpaired) electrons. The van der Waals surface area contributed by atoms with Crippen molar-refractivity contribution in [3.63, 3.8) is 0 Å². The Bertz CT molecular complexity index is 712. The SMILES string of the molecule is O=C1CC2(CCc3cc(Cl)ccc32)C(c2ccccc2)N1. The van der Waals surface area contributed by atoms with Crippen molar-refractivity contribution in [3.8, 4) is 0 Å². The van der Waals surface area contributed by atoms with E-state index in [-0.39, 0.29) is 17.4 Å². The third kappa shape index (κ3) is 1.90. The average molecular weight is 298 g/mol. The minimum atomic E-state index is -0.113. The van der Waals surface area contributed by atoms with Crippen molar-refractivity contribution in [3.05, 3.63) is 70.2 Å². The number of rotatable bonds is 1.